The van der Waals surface area contributed by atoms with Crippen LogP contribution in [0.4, 0.5) is 5.69 Å². The molecule has 0 spiro atoms. The van der Waals surface area contributed by atoms with Crippen LogP contribution in [0.2, 0.25) is 0 Å². The molecule has 0 bridgehead atoms. The van der Waals surface area contributed by atoms with E-state index in [1.54, 1.807) is 56.3 Å². The van der Waals surface area contributed by atoms with Gasteiger partial charge in [0.05, 0.1) is 11.7 Å². The van der Waals surface area contributed by atoms with Crippen molar-refractivity contribution in [1.29, 1.82) is 0 Å². The first-order chi connectivity index (χ1) is 14.3. The topological polar surface area (TPSA) is 111 Å². The van der Waals surface area contributed by atoms with Gasteiger partial charge in [-0.15, -0.1) is 0 Å². The molecule has 0 aliphatic rings. The third-order valence-corrected chi connectivity index (χ3v) is 3.83. The normalized spacial score (nSPS) is 11.3. The maximum absolute atomic E-state index is 12.0. The van der Waals surface area contributed by atoms with E-state index in [-0.39, 0.29) is 6.10 Å². The van der Waals surface area contributed by atoms with Gasteiger partial charge in [0.15, 0.2) is 6.61 Å². The quantitative estimate of drug-likeness (QED) is 0.645. The SMILES string of the molecule is CC(C)OC(=O)c1ccc(NC(=O)COC(=O)[C@H](C)NC(=O)c2ccccc2)cc1. The molecule has 0 aliphatic carbocycles. The molecule has 8 heteroatoms. The third-order valence-electron chi connectivity index (χ3n) is 3.83. The van der Waals surface area contributed by atoms with Gasteiger partial charge in [-0.05, 0) is 57.2 Å². The van der Waals surface area contributed by atoms with E-state index in [4.69, 9.17) is 9.47 Å². The minimum absolute atomic E-state index is 0.230. The van der Waals surface area contributed by atoms with Crippen molar-refractivity contribution in [3.05, 3.63) is 65.7 Å². The van der Waals surface area contributed by atoms with E-state index in [2.05, 4.69) is 10.6 Å². The second-order valence-corrected chi connectivity index (χ2v) is 6.75. The molecule has 0 fully saturated rings. The molecular weight excluding hydrogens is 388 g/mol. The fourth-order valence-corrected chi connectivity index (χ4v) is 2.36. The summed E-state index contributed by atoms with van der Waals surface area (Å²) in [6.07, 6.45) is -0.230. The maximum Gasteiger partial charge on any atom is 0.338 e. The highest BCUT2D eigenvalue weighted by atomic mass is 16.5. The number of rotatable bonds is 8. The Kier molecular flexibility index (Phi) is 8.10. The Morgan fingerprint density at radius 2 is 1.50 bits per heavy atom. The number of amides is 2. The van der Waals surface area contributed by atoms with Crippen molar-refractivity contribution >= 4 is 29.4 Å². The standard InChI is InChI=1S/C22H24N2O6/c1-14(2)30-22(28)17-9-11-18(12-10-17)24-19(25)13-29-21(27)15(3)23-20(26)16-7-5-4-6-8-16/h4-12,14-15H,13H2,1-3H3,(H,23,26)(H,24,25)/t15-/m0/s1. The predicted octanol–water partition coefficient (Wildman–Crippen LogP) is 2.55. The van der Waals surface area contributed by atoms with Crippen molar-refractivity contribution in [1.82, 2.24) is 5.32 Å². The summed E-state index contributed by atoms with van der Waals surface area (Å²) in [4.78, 5) is 47.8. The summed E-state index contributed by atoms with van der Waals surface area (Å²) in [5.41, 5.74) is 1.20. The van der Waals surface area contributed by atoms with Crippen LogP contribution in [0, 0.1) is 0 Å². The van der Waals surface area contributed by atoms with Gasteiger partial charge in [-0.2, -0.15) is 0 Å². The highest BCUT2D eigenvalue weighted by Crippen LogP contribution is 2.11. The van der Waals surface area contributed by atoms with E-state index in [1.165, 1.54) is 19.1 Å². The van der Waals surface area contributed by atoms with Crippen molar-refractivity contribution in [3.63, 3.8) is 0 Å². The molecule has 1 atom stereocenters. The van der Waals surface area contributed by atoms with Crippen LogP contribution in [0.15, 0.2) is 54.6 Å². The number of ether oxygens (including phenoxy) is 2. The van der Waals surface area contributed by atoms with E-state index in [9.17, 15) is 19.2 Å². The van der Waals surface area contributed by atoms with E-state index >= 15 is 0 Å². The summed E-state index contributed by atoms with van der Waals surface area (Å²) < 4.78 is 10.0. The monoisotopic (exact) mass is 412 g/mol. The Labute approximate surface area is 174 Å². The molecule has 0 aliphatic heterocycles. The lowest BCUT2D eigenvalue weighted by Gasteiger charge is -2.13. The first-order valence-electron chi connectivity index (χ1n) is 9.39. The third kappa shape index (κ3) is 7.05. The minimum atomic E-state index is -0.920. The Balaban J connectivity index is 1.78. The molecule has 0 saturated heterocycles. The zero-order valence-electron chi connectivity index (χ0n) is 17.0. The van der Waals surface area contributed by atoms with Crippen LogP contribution in [0.5, 0.6) is 0 Å². The van der Waals surface area contributed by atoms with Gasteiger partial charge in [0.25, 0.3) is 11.8 Å². The zero-order chi connectivity index (χ0) is 22.1. The van der Waals surface area contributed by atoms with Crippen molar-refractivity contribution in [2.24, 2.45) is 0 Å². The van der Waals surface area contributed by atoms with Gasteiger partial charge in [0.2, 0.25) is 0 Å². The highest BCUT2D eigenvalue weighted by molar-refractivity contribution is 5.97. The van der Waals surface area contributed by atoms with Crippen LogP contribution in [0.3, 0.4) is 0 Å². The fraction of sp³-hybridized carbons (Fsp3) is 0.273. The highest BCUT2D eigenvalue weighted by Gasteiger charge is 2.19. The van der Waals surface area contributed by atoms with Crippen molar-refractivity contribution in [2.75, 3.05) is 11.9 Å². The Hall–Kier alpha value is -3.68. The molecule has 0 unspecified atom stereocenters. The second-order valence-electron chi connectivity index (χ2n) is 6.75. The van der Waals surface area contributed by atoms with E-state index in [1.807, 2.05) is 0 Å². The molecule has 2 aromatic carbocycles. The van der Waals surface area contributed by atoms with Crippen molar-refractivity contribution in [3.8, 4) is 0 Å². The summed E-state index contributed by atoms with van der Waals surface area (Å²) in [5, 5.41) is 5.06. The molecule has 30 heavy (non-hydrogen) atoms. The van der Waals surface area contributed by atoms with Crippen LogP contribution in [-0.4, -0.2) is 42.5 Å². The van der Waals surface area contributed by atoms with Crippen LogP contribution in [-0.2, 0) is 19.1 Å². The zero-order valence-corrected chi connectivity index (χ0v) is 17.0. The van der Waals surface area contributed by atoms with E-state index in [0.717, 1.165) is 0 Å². The summed E-state index contributed by atoms with van der Waals surface area (Å²) in [6.45, 7) is 4.46. The molecule has 0 aromatic heterocycles. The first kappa shape index (κ1) is 22.6. The number of carbonyl (C=O) groups excluding carboxylic acids is 4. The first-order valence-corrected chi connectivity index (χ1v) is 9.39. The van der Waals surface area contributed by atoms with Crippen LogP contribution < -0.4 is 10.6 Å². The minimum Gasteiger partial charge on any atom is -0.459 e. The number of esters is 2. The molecular formula is C22H24N2O6. The van der Waals surface area contributed by atoms with Crippen molar-refractivity contribution < 1.29 is 28.7 Å². The molecule has 2 rings (SSSR count). The molecule has 0 heterocycles. The Morgan fingerprint density at radius 1 is 0.867 bits per heavy atom. The molecule has 0 saturated carbocycles. The molecule has 0 radical (unpaired) electrons. The van der Waals surface area contributed by atoms with E-state index in [0.29, 0.717) is 16.8 Å². The molecule has 2 N–H and O–H groups in total. The summed E-state index contributed by atoms with van der Waals surface area (Å²) in [5.74, 6) is -2.16. The van der Waals surface area contributed by atoms with Gasteiger partial charge in [0, 0.05) is 11.3 Å². The lowest BCUT2D eigenvalue weighted by molar-refractivity contribution is -0.148. The van der Waals surface area contributed by atoms with Crippen molar-refractivity contribution in [2.45, 2.75) is 32.9 Å². The van der Waals surface area contributed by atoms with Crippen LogP contribution in [0.1, 0.15) is 41.5 Å². The Morgan fingerprint density at radius 3 is 2.10 bits per heavy atom. The van der Waals surface area contributed by atoms with Gasteiger partial charge < -0.3 is 20.1 Å². The van der Waals surface area contributed by atoms with Gasteiger partial charge in [-0.25, -0.2) is 9.59 Å². The van der Waals surface area contributed by atoms with Gasteiger partial charge in [-0.3, -0.25) is 9.59 Å². The lowest BCUT2D eigenvalue weighted by atomic mass is 10.2. The predicted molar refractivity (Wildman–Crippen MR) is 110 cm³/mol. The fourth-order valence-electron chi connectivity index (χ4n) is 2.36. The van der Waals surface area contributed by atoms with Crippen LogP contribution in [0.25, 0.3) is 0 Å². The largest absolute Gasteiger partial charge is 0.459 e. The van der Waals surface area contributed by atoms with E-state index < -0.39 is 36.4 Å². The van der Waals surface area contributed by atoms with Crippen LogP contribution >= 0.6 is 0 Å². The van der Waals surface area contributed by atoms with Gasteiger partial charge in [0.1, 0.15) is 6.04 Å². The molecule has 8 nitrogen and oxygen atoms in total. The number of carbonyl (C=O) groups is 4. The Bertz CT molecular complexity index is 894. The number of anilines is 1. The molecule has 2 aromatic rings. The lowest BCUT2D eigenvalue weighted by Crippen LogP contribution is -2.40. The number of hydrogen-bond donors (Lipinski definition) is 2. The molecule has 158 valence electrons. The summed E-state index contributed by atoms with van der Waals surface area (Å²) >= 11 is 0. The number of nitrogens with one attached hydrogen (secondary N) is 2. The maximum atomic E-state index is 12.0. The van der Waals surface area contributed by atoms with Gasteiger partial charge in [-0.1, -0.05) is 18.2 Å². The smallest absolute Gasteiger partial charge is 0.338 e. The average Bonchev–Trinajstić information content (AvgIpc) is 2.72. The summed E-state index contributed by atoms with van der Waals surface area (Å²) in [6, 6.07) is 13.6. The number of hydrogen-bond acceptors (Lipinski definition) is 6. The van der Waals surface area contributed by atoms with Gasteiger partial charge >= 0.3 is 11.9 Å². The average molecular weight is 412 g/mol. The number of benzene rings is 2. The molecule has 2 amide bonds. The summed E-state index contributed by atoms with van der Waals surface area (Å²) in [7, 11) is 0. The second kappa shape index (κ2) is 10.8.